The lowest BCUT2D eigenvalue weighted by molar-refractivity contribution is -0.117. The molecule has 2 rings (SSSR count). The van der Waals surface area contributed by atoms with Gasteiger partial charge in [0.25, 0.3) is 0 Å². The first-order valence-corrected chi connectivity index (χ1v) is 8.27. The molecule has 1 aliphatic heterocycles. The number of benzene rings is 1. The van der Waals surface area contributed by atoms with E-state index in [4.69, 9.17) is 4.74 Å². The molecule has 0 aliphatic carbocycles. The average molecular weight is 348 g/mol. The molecule has 1 atom stereocenters. The number of piperidine rings is 1. The number of amides is 1. The maximum absolute atomic E-state index is 12.4. The van der Waals surface area contributed by atoms with Crippen molar-refractivity contribution in [2.45, 2.75) is 19.8 Å². The second-order valence-corrected chi connectivity index (χ2v) is 6.27. The molecule has 1 aromatic carbocycles. The zero-order valence-corrected chi connectivity index (χ0v) is 14.8. The highest BCUT2D eigenvalue weighted by Crippen LogP contribution is 2.20. The highest BCUT2D eigenvalue weighted by molar-refractivity contribution is 6.03. The van der Waals surface area contributed by atoms with E-state index >= 15 is 0 Å². The van der Waals surface area contributed by atoms with Gasteiger partial charge in [0.1, 0.15) is 0 Å². The maximum Gasteiger partial charge on any atom is 0.339 e. The summed E-state index contributed by atoms with van der Waals surface area (Å²) in [5.74, 6) is -0.800. The van der Waals surface area contributed by atoms with Gasteiger partial charge in [-0.05, 0) is 43.5 Å². The Morgan fingerprint density at radius 3 is 2.56 bits per heavy atom. The Morgan fingerprint density at radius 1 is 1.20 bits per heavy atom. The van der Waals surface area contributed by atoms with Gasteiger partial charge in [-0.1, -0.05) is 6.92 Å². The van der Waals surface area contributed by atoms with E-state index in [1.807, 2.05) is 0 Å². The van der Waals surface area contributed by atoms with Gasteiger partial charge in [0.2, 0.25) is 5.91 Å². The predicted molar refractivity (Wildman–Crippen MR) is 92.6 cm³/mol. The fourth-order valence-corrected chi connectivity index (χ4v) is 3.00. The van der Waals surface area contributed by atoms with E-state index < -0.39 is 11.9 Å². The molecule has 7 heteroatoms. The Labute approximate surface area is 147 Å². The molecule has 0 aromatic heterocycles. The van der Waals surface area contributed by atoms with E-state index in [-0.39, 0.29) is 29.3 Å². The molecule has 25 heavy (non-hydrogen) atoms. The number of carbonyl (C=O) groups excluding carboxylic acids is 3. The number of hydrogen-bond acceptors (Lipinski definition) is 6. The highest BCUT2D eigenvalue weighted by atomic mass is 16.5. The van der Waals surface area contributed by atoms with Crippen molar-refractivity contribution in [1.29, 1.82) is 0 Å². The third kappa shape index (κ3) is 5.03. The van der Waals surface area contributed by atoms with Crippen LogP contribution >= 0.6 is 0 Å². The number of ether oxygens (including phenoxy) is 2. The van der Waals surface area contributed by atoms with Crippen molar-refractivity contribution >= 4 is 23.5 Å². The first kappa shape index (κ1) is 18.9. The summed E-state index contributed by atoms with van der Waals surface area (Å²) in [4.78, 5) is 38.1. The molecule has 7 nitrogen and oxygen atoms in total. The molecular weight excluding hydrogens is 324 g/mol. The van der Waals surface area contributed by atoms with Gasteiger partial charge < -0.3 is 14.8 Å². The van der Waals surface area contributed by atoms with E-state index in [2.05, 4.69) is 21.9 Å². The number of rotatable bonds is 5. The van der Waals surface area contributed by atoms with Crippen LogP contribution in [-0.2, 0) is 14.3 Å². The molecule has 1 N–H and O–H groups in total. The number of methoxy groups -OCH3 is 2. The Morgan fingerprint density at radius 2 is 1.92 bits per heavy atom. The summed E-state index contributed by atoms with van der Waals surface area (Å²) in [6, 6.07) is 4.32. The molecule has 136 valence electrons. The molecular formula is C18H24N2O5. The van der Waals surface area contributed by atoms with Crippen LogP contribution in [0.25, 0.3) is 0 Å². The lowest BCUT2D eigenvalue weighted by Gasteiger charge is -2.30. The number of hydrogen-bond donors (Lipinski definition) is 1. The summed E-state index contributed by atoms with van der Waals surface area (Å²) in [5, 5.41) is 2.72. The Kier molecular flexibility index (Phi) is 6.52. The predicted octanol–water partition coefficient (Wildman–Crippen LogP) is 1.93. The summed E-state index contributed by atoms with van der Waals surface area (Å²) < 4.78 is 9.41. The van der Waals surface area contributed by atoms with Crippen LogP contribution in [0.15, 0.2) is 18.2 Å². The van der Waals surface area contributed by atoms with Gasteiger partial charge in [0.15, 0.2) is 0 Å². The molecule has 1 amide bonds. The standard InChI is InChI=1S/C18H24N2O5/c1-12-5-4-8-20(10-12)11-16(21)19-15-9-13(17(22)24-2)6-7-14(15)18(23)25-3/h6-7,9,12H,4-5,8,10-11H2,1-3H3,(H,19,21)/t12-/m0/s1. The number of carbonyl (C=O) groups is 3. The zero-order valence-electron chi connectivity index (χ0n) is 14.8. The van der Waals surface area contributed by atoms with E-state index in [0.717, 1.165) is 19.5 Å². The van der Waals surface area contributed by atoms with Gasteiger partial charge in [0.05, 0.1) is 37.6 Å². The van der Waals surface area contributed by atoms with Crippen LogP contribution in [-0.4, -0.2) is 56.6 Å². The van der Waals surface area contributed by atoms with Gasteiger partial charge in [-0.25, -0.2) is 9.59 Å². The highest BCUT2D eigenvalue weighted by Gasteiger charge is 2.21. The Bertz CT molecular complexity index is 659. The van der Waals surface area contributed by atoms with E-state index in [1.54, 1.807) is 0 Å². The largest absolute Gasteiger partial charge is 0.465 e. The SMILES string of the molecule is COC(=O)c1ccc(C(=O)OC)c(NC(=O)CN2CCC[C@H](C)C2)c1. The van der Waals surface area contributed by atoms with Crippen molar-refractivity contribution in [1.82, 2.24) is 4.90 Å². The first-order chi connectivity index (χ1) is 11.9. The third-order valence-corrected chi connectivity index (χ3v) is 4.23. The first-order valence-electron chi connectivity index (χ1n) is 8.27. The number of nitrogens with zero attached hydrogens (tertiary/aromatic N) is 1. The molecule has 1 fully saturated rings. The summed E-state index contributed by atoms with van der Waals surface area (Å²) in [6.45, 7) is 4.16. The van der Waals surface area contributed by atoms with Crippen molar-refractivity contribution in [2.75, 3.05) is 39.2 Å². The molecule has 1 heterocycles. The minimum absolute atomic E-state index is 0.190. The lowest BCUT2D eigenvalue weighted by Crippen LogP contribution is -2.39. The lowest BCUT2D eigenvalue weighted by atomic mass is 10.0. The third-order valence-electron chi connectivity index (χ3n) is 4.23. The maximum atomic E-state index is 12.4. The topological polar surface area (TPSA) is 84.9 Å². The monoisotopic (exact) mass is 348 g/mol. The van der Waals surface area contributed by atoms with Crippen LogP contribution in [0, 0.1) is 5.92 Å². The van der Waals surface area contributed by atoms with Crippen LogP contribution in [0.5, 0.6) is 0 Å². The Hall–Kier alpha value is -2.41. The van der Waals surface area contributed by atoms with Crippen molar-refractivity contribution in [3.8, 4) is 0 Å². The second kappa shape index (κ2) is 8.62. The molecule has 0 unspecified atom stereocenters. The van der Waals surface area contributed by atoms with E-state index in [1.165, 1.54) is 38.8 Å². The molecule has 0 saturated carbocycles. The Balaban J connectivity index is 2.15. The zero-order chi connectivity index (χ0) is 18.4. The molecule has 1 aromatic rings. The summed E-state index contributed by atoms with van der Waals surface area (Å²) in [6.07, 6.45) is 2.24. The van der Waals surface area contributed by atoms with Gasteiger partial charge >= 0.3 is 11.9 Å². The van der Waals surface area contributed by atoms with Gasteiger partial charge in [-0.15, -0.1) is 0 Å². The van der Waals surface area contributed by atoms with Crippen LogP contribution in [0.1, 0.15) is 40.5 Å². The molecule has 0 bridgehead atoms. The second-order valence-electron chi connectivity index (χ2n) is 6.27. The van der Waals surface area contributed by atoms with Gasteiger partial charge in [-0.3, -0.25) is 9.69 Å². The van der Waals surface area contributed by atoms with Crippen molar-refractivity contribution in [2.24, 2.45) is 5.92 Å². The van der Waals surface area contributed by atoms with Gasteiger partial charge in [-0.2, -0.15) is 0 Å². The average Bonchev–Trinajstić information content (AvgIpc) is 2.60. The molecule has 0 radical (unpaired) electrons. The normalized spacial score (nSPS) is 17.6. The smallest absolute Gasteiger partial charge is 0.339 e. The summed E-state index contributed by atoms with van der Waals surface area (Å²) in [7, 11) is 2.53. The van der Waals surface area contributed by atoms with Crippen molar-refractivity contribution < 1.29 is 23.9 Å². The van der Waals surface area contributed by atoms with Crippen LogP contribution < -0.4 is 5.32 Å². The summed E-state index contributed by atoms with van der Waals surface area (Å²) >= 11 is 0. The molecule has 1 aliphatic rings. The number of anilines is 1. The van der Waals surface area contributed by atoms with Crippen LogP contribution in [0.2, 0.25) is 0 Å². The minimum Gasteiger partial charge on any atom is -0.465 e. The summed E-state index contributed by atoms with van der Waals surface area (Å²) in [5.41, 5.74) is 0.678. The fourth-order valence-electron chi connectivity index (χ4n) is 3.00. The van der Waals surface area contributed by atoms with Crippen molar-refractivity contribution in [3.05, 3.63) is 29.3 Å². The van der Waals surface area contributed by atoms with Crippen LogP contribution in [0.4, 0.5) is 5.69 Å². The quantitative estimate of drug-likeness (QED) is 0.819. The molecule has 1 saturated heterocycles. The van der Waals surface area contributed by atoms with E-state index in [9.17, 15) is 14.4 Å². The number of esters is 2. The number of likely N-dealkylation sites (tertiary alicyclic amines) is 1. The van der Waals surface area contributed by atoms with Crippen molar-refractivity contribution in [3.63, 3.8) is 0 Å². The van der Waals surface area contributed by atoms with E-state index in [0.29, 0.717) is 5.92 Å². The van der Waals surface area contributed by atoms with Gasteiger partial charge in [0, 0.05) is 6.54 Å². The minimum atomic E-state index is -0.585. The molecule has 0 spiro atoms. The number of nitrogens with one attached hydrogen (secondary N) is 1. The fraction of sp³-hybridized carbons (Fsp3) is 0.500. The van der Waals surface area contributed by atoms with Crippen LogP contribution in [0.3, 0.4) is 0 Å².